The molecule has 112 valence electrons. The molecular weight excluding hydrogens is 242 g/mol. The Labute approximate surface area is 125 Å². The van der Waals surface area contributed by atoms with Crippen LogP contribution in [0, 0.1) is 0 Å². The number of nitrogens with zero attached hydrogens (tertiary/aromatic N) is 1. The smallest absolute Gasteiger partial charge is 0.00129 e. The minimum atomic E-state index is 0.644. The monoisotopic (exact) mass is 273 g/mol. The summed E-state index contributed by atoms with van der Waals surface area (Å²) in [5.41, 5.74) is 3.19. The number of likely N-dealkylation sites (tertiary alicyclic amines) is 1. The van der Waals surface area contributed by atoms with E-state index >= 15 is 0 Å². The van der Waals surface area contributed by atoms with Crippen molar-refractivity contribution in [1.82, 2.24) is 4.90 Å². The van der Waals surface area contributed by atoms with Crippen LogP contribution in [0.5, 0.6) is 0 Å². The van der Waals surface area contributed by atoms with Crippen LogP contribution in [0.3, 0.4) is 0 Å². The number of hydrogen-bond donors (Lipinski definition) is 0. The molecule has 2 rings (SSSR count). The minimum Gasteiger partial charge on any atom is -0.303 e. The first-order chi connectivity index (χ1) is 9.72. The van der Waals surface area contributed by atoms with Gasteiger partial charge in [-0.2, -0.15) is 0 Å². The van der Waals surface area contributed by atoms with E-state index in [0.29, 0.717) is 5.92 Å². The maximum Gasteiger partial charge on any atom is -0.00129 e. The summed E-state index contributed by atoms with van der Waals surface area (Å²) in [4.78, 5) is 2.68. The van der Waals surface area contributed by atoms with Gasteiger partial charge >= 0.3 is 0 Å². The van der Waals surface area contributed by atoms with Gasteiger partial charge in [-0.05, 0) is 68.3 Å². The van der Waals surface area contributed by atoms with Crippen molar-refractivity contribution in [3.63, 3.8) is 0 Å². The quantitative estimate of drug-likeness (QED) is 0.714. The molecule has 20 heavy (non-hydrogen) atoms. The fraction of sp³-hybridized carbons (Fsp3) is 0.684. The molecule has 1 atom stereocenters. The van der Waals surface area contributed by atoms with Crippen LogP contribution in [0.2, 0.25) is 0 Å². The normalized spacial score (nSPS) is 21.1. The van der Waals surface area contributed by atoms with E-state index in [4.69, 9.17) is 0 Å². The highest BCUT2D eigenvalue weighted by atomic mass is 15.1. The van der Waals surface area contributed by atoms with Crippen molar-refractivity contribution in [3.8, 4) is 0 Å². The van der Waals surface area contributed by atoms with E-state index in [1.54, 1.807) is 11.1 Å². The van der Waals surface area contributed by atoms with Gasteiger partial charge in [-0.3, -0.25) is 0 Å². The Kier molecular flexibility index (Phi) is 6.09. The molecule has 1 nitrogen and oxygen atoms in total. The first-order valence-corrected chi connectivity index (χ1v) is 8.53. The SMILES string of the molecule is CCCCN1CCCC(c2ccccc2C(C)C)CC1. The first kappa shape index (κ1) is 15.6. The molecule has 0 radical (unpaired) electrons. The van der Waals surface area contributed by atoms with Crippen LogP contribution in [0.1, 0.15) is 75.8 Å². The van der Waals surface area contributed by atoms with E-state index < -0.39 is 0 Å². The van der Waals surface area contributed by atoms with Crippen LogP contribution >= 0.6 is 0 Å². The molecule has 0 bridgehead atoms. The molecule has 1 fully saturated rings. The van der Waals surface area contributed by atoms with Crippen LogP contribution in [-0.2, 0) is 0 Å². The van der Waals surface area contributed by atoms with Crippen LogP contribution in [-0.4, -0.2) is 24.5 Å². The molecule has 1 saturated heterocycles. The van der Waals surface area contributed by atoms with Crippen molar-refractivity contribution in [3.05, 3.63) is 35.4 Å². The summed E-state index contributed by atoms with van der Waals surface area (Å²) < 4.78 is 0. The average Bonchev–Trinajstić information content (AvgIpc) is 2.70. The minimum absolute atomic E-state index is 0.644. The van der Waals surface area contributed by atoms with Gasteiger partial charge in [0, 0.05) is 0 Å². The Balaban J connectivity index is 2.03. The molecule has 1 aromatic rings. The summed E-state index contributed by atoms with van der Waals surface area (Å²) in [6, 6.07) is 9.13. The molecule has 1 unspecified atom stereocenters. The summed E-state index contributed by atoms with van der Waals surface area (Å²) in [5.74, 6) is 1.42. The van der Waals surface area contributed by atoms with E-state index in [9.17, 15) is 0 Å². The molecular formula is C19H31N. The van der Waals surface area contributed by atoms with Gasteiger partial charge in [0.1, 0.15) is 0 Å². The maximum atomic E-state index is 2.68. The Bertz CT molecular complexity index is 397. The van der Waals surface area contributed by atoms with E-state index in [1.165, 1.54) is 51.7 Å². The highest BCUT2D eigenvalue weighted by molar-refractivity contribution is 5.33. The maximum absolute atomic E-state index is 2.68. The standard InChI is InChI=1S/C19H31N/c1-4-5-13-20-14-8-9-17(12-15-20)19-11-7-6-10-18(19)16(2)3/h6-7,10-11,16-17H,4-5,8-9,12-15H2,1-3H3. The van der Waals surface area contributed by atoms with Gasteiger partial charge in [0.25, 0.3) is 0 Å². The van der Waals surface area contributed by atoms with Crippen molar-refractivity contribution in [2.24, 2.45) is 0 Å². The zero-order chi connectivity index (χ0) is 14.4. The third-order valence-corrected chi connectivity index (χ3v) is 4.71. The highest BCUT2D eigenvalue weighted by Crippen LogP contribution is 2.33. The molecule has 0 N–H and O–H groups in total. The molecule has 1 aliphatic heterocycles. The summed E-state index contributed by atoms with van der Waals surface area (Å²) in [7, 11) is 0. The van der Waals surface area contributed by atoms with Crippen molar-refractivity contribution in [2.45, 2.75) is 64.7 Å². The van der Waals surface area contributed by atoms with Gasteiger partial charge in [-0.25, -0.2) is 0 Å². The Hall–Kier alpha value is -0.820. The predicted octanol–water partition coefficient (Wildman–Crippen LogP) is 5.18. The average molecular weight is 273 g/mol. The fourth-order valence-electron chi connectivity index (χ4n) is 3.48. The van der Waals surface area contributed by atoms with Crippen LogP contribution in [0.4, 0.5) is 0 Å². The second kappa shape index (κ2) is 7.83. The highest BCUT2D eigenvalue weighted by Gasteiger charge is 2.20. The summed E-state index contributed by atoms with van der Waals surface area (Å²) in [6.07, 6.45) is 6.74. The van der Waals surface area contributed by atoms with Crippen LogP contribution in [0.15, 0.2) is 24.3 Å². The lowest BCUT2D eigenvalue weighted by Crippen LogP contribution is -2.25. The first-order valence-electron chi connectivity index (χ1n) is 8.53. The van der Waals surface area contributed by atoms with Gasteiger partial charge in [0.05, 0.1) is 0 Å². The molecule has 1 heterocycles. The number of rotatable bonds is 5. The zero-order valence-electron chi connectivity index (χ0n) is 13.6. The lowest BCUT2D eigenvalue weighted by atomic mass is 9.85. The van der Waals surface area contributed by atoms with Gasteiger partial charge in [-0.15, -0.1) is 0 Å². The van der Waals surface area contributed by atoms with Gasteiger partial charge in [0.15, 0.2) is 0 Å². The van der Waals surface area contributed by atoms with Gasteiger partial charge in [-0.1, -0.05) is 51.5 Å². The third kappa shape index (κ3) is 4.09. The molecule has 0 aliphatic carbocycles. The number of benzene rings is 1. The van der Waals surface area contributed by atoms with Crippen molar-refractivity contribution < 1.29 is 0 Å². The van der Waals surface area contributed by atoms with E-state index in [2.05, 4.69) is 49.9 Å². The van der Waals surface area contributed by atoms with Crippen molar-refractivity contribution in [2.75, 3.05) is 19.6 Å². The second-order valence-corrected chi connectivity index (χ2v) is 6.61. The number of hydrogen-bond acceptors (Lipinski definition) is 1. The second-order valence-electron chi connectivity index (χ2n) is 6.61. The molecule has 1 heteroatoms. The Morgan fingerprint density at radius 3 is 2.70 bits per heavy atom. The molecule has 0 saturated carbocycles. The Morgan fingerprint density at radius 1 is 1.15 bits per heavy atom. The van der Waals surface area contributed by atoms with E-state index in [-0.39, 0.29) is 0 Å². The van der Waals surface area contributed by atoms with Gasteiger partial charge in [0.2, 0.25) is 0 Å². The fourth-order valence-corrected chi connectivity index (χ4v) is 3.48. The molecule has 1 aliphatic rings. The largest absolute Gasteiger partial charge is 0.303 e. The molecule has 0 aromatic heterocycles. The topological polar surface area (TPSA) is 3.24 Å². The van der Waals surface area contributed by atoms with E-state index in [1.807, 2.05) is 0 Å². The van der Waals surface area contributed by atoms with Crippen molar-refractivity contribution >= 4 is 0 Å². The van der Waals surface area contributed by atoms with Crippen LogP contribution < -0.4 is 0 Å². The predicted molar refractivity (Wildman–Crippen MR) is 88.5 cm³/mol. The molecule has 0 spiro atoms. The summed E-state index contributed by atoms with van der Waals surface area (Å²) in [5, 5.41) is 0. The third-order valence-electron chi connectivity index (χ3n) is 4.71. The molecule has 1 aromatic carbocycles. The van der Waals surface area contributed by atoms with Crippen LogP contribution in [0.25, 0.3) is 0 Å². The lowest BCUT2D eigenvalue weighted by Gasteiger charge is -2.22. The zero-order valence-corrected chi connectivity index (χ0v) is 13.6. The summed E-state index contributed by atoms with van der Waals surface area (Å²) in [6.45, 7) is 10.8. The number of unbranched alkanes of at least 4 members (excludes halogenated alkanes) is 1. The van der Waals surface area contributed by atoms with Gasteiger partial charge < -0.3 is 4.90 Å². The lowest BCUT2D eigenvalue weighted by molar-refractivity contribution is 0.279. The Morgan fingerprint density at radius 2 is 1.95 bits per heavy atom. The molecule has 0 amide bonds. The summed E-state index contributed by atoms with van der Waals surface area (Å²) >= 11 is 0. The van der Waals surface area contributed by atoms with E-state index in [0.717, 1.165) is 5.92 Å². The van der Waals surface area contributed by atoms with Crippen molar-refractivity contribution in [1.29, 1.82) is 0 Å².